The van der Waals surface area contributed by atoms with Crippen molar-refractivity contribution in [2.45, 2.75) is 32.9 Å². The van der Waals surface area contributed by atoms with Crippen molar-refractivity contribution in [1.29, 1.82) is 0 Å². The number of alkyl halides is 3. The van der Waals surface area contributed by atoms with Crippen LogP contribution in [-0.4, -0.2) is 30.1 Å². The van der Waals surface area contributed by atoms with E-state index in [1.807, 2.05) is 6.92 Å². The van der Waals surface area contributed by atoms with Crippen LogP contribution < -0.4 is 0 Å². The third kappa shape index (κ3) is 3.02. The Bertz CT molecular complexity index is 453. The van der Waals surface area contributed by atoms with Gasteiger partial charge in [0.2, 0.25) is 1.47 Å². The van der Waals surface area contributed by atoms with Crippen LogP contribution in [0.4, 0.5) is 0 Å². The molecule has 0 spiro atoms. The summed E-state index contributed by atoms with van der Waals surface area (Å²) in [7, 11) is -3.72. The molecule has 10 heteroatoms. The van der Waals surface area contributed by atoms with E-state index in [0.29, 0.717) is 6.54 Å². The summed E-state index contributed by atoms with van der Waals surface area (Å²) in [6.45, 7) is 2.48. The van der Waals surface area contributed by atoms with E-state index in [2.05, 4.69) is 63.3 Å². The standard InChI is InChI=1S/C6H9Br3N4O2S/c1-2-3-4-13-5(10-11-12-13)16(14,15)6(7,8)9/h2-4H2,1H3. The molecule has 0 aliphatic heterocycles. The molecule has 1 aromatic heterocycles. The number of rotatable bonds is 4. The van der Waals surface area contributed by atoms with E-state index in [1.54, 1.807) is 0 Å². The minimum absolute atomic E-state index is 0.174. The van der Waals surface area contributed by atoms with E-state index >= 15 is 0 Å². The van der Waals surface area contributed by atoms with E-state index in [1.165, 1.54) is 4.68 Å². The highest BCUT2D eigenvalue weighted by molar-refractivity contribution is 9.42. The van der Waals surface area contributed by atoms with Crippen molar-refractivity contribution in [3.63, 3.8) is 0 Å². The molecule has 0 aromatic carbocycles. The van der Waals surface area contributed by atoms with Gasteiger partial charge in [0.15, 0.2) is 0 Å². The lowest BCUT2D eigenvalue weighted by atomic mass is 10.3. The highest BCUT2D eigenvalue weighted by Gasteiger charge is 2.41. The Labute approximate surface area is 118 Å². The molecule has 0 saturated heterocycles. The van der Waals surface area contributed by atoms with Crippen molar-refractivity contribution in [1.82, 2.24) is 20.2 Å². The molecule has 0 fully saturated rings. The van der Waals surface area contributed by atoms with Crippen LogP contribution in [0, 0.1) is 0 Å². The molecule has 0 radical (unpaired) electrons. The maximum atomic E-state index is 12.0. The Balaban J connectivity index is 3.10. The predicted molar refractivity (Wildman–Crippen MR) is 69.4 cm³/mol. The van der Waals surface area contributed by atoms with E-state index in [4.69, 9.17) is 0 Å². The van der Waals surface area contributed by atoms with Gasteiger partial charge < -0.3 is 0 Å². The van der Waals surface area contributed by atoms with Crippen LogP contribution >= 0.6 is 47.8 Å². The first-order chi connectivity index (χ1) is 7.30. The normalized spacial score (nSPS) is 13.0. The van der Waals surface area contributed by atoms with Crippen LogP contribution in [0.15, 0.2) is 5.16 Å². The molecule has 0 unspecified atom stereocenters. The summed E-state index contributed by atoms with van der Waals surface area (Å²) in [6, 6.07) is 0. The number of aromatic nitrogens is 4. The quantitative estimate of drug-likeness (QED) is 0.669. The van der Waals surface area contributed by atoms with Crippen molar-refractivity contribution < 1.29 is 8.42 Å². The van der Waals surface area contributed by atoms with E-state index < -0.39 is 11.3 Å². The first-order valence-electron chi connectivity index (χ1n) is 4.38. The molecular weight excluding hydrogens is 432 g/mol. The van der Waals surface area contributed by atoms with Crippen molar-refractivity contribution in [3.8, 4) is 0 Å². The number of tetrazole rings is 1. The molecule has 0 aliphatic rings. The Morgan fingerprint density at radius 1 is 1.38 bits per heavy atom. The third-order valence-electron chi connectivity index (χ3n) is 1.77. The van der Waals surface area contributed by atoms with Gasteiger partial charge in [-0.1, -0.05) is 18.4 Å². The van der Waals surface area contributed by atoms with Crippen LogP contribution in [0.2, 0.25) is 0 Å². The Hall–Kier alpha value is 0.460. The molecular formula is C6H9Br3N4O2S. The van der Waals surface area contributed by atoms with Gasteiger partial charge >= 0.3 is 0 Å². The van der Waals surface area contributed by atoms with Gasteiger partial charge in [-0.05, 0) is 64.6 Å². The monoisotopic (exact) mass is 438 g/mol. The molecule has 6 nitrogen and oxygen atoms in total. The molecule has 1 rings (SSSR count). The average molecular weight is 441 g/mol. The third-order valence-corrected chi connectivity index (χ3v) is 6.99. The number of aryl methyl sites for hydroxylation is 1. The van der Waals surface area contributed by atoms with Gasteiger partial charge in [0.05, 0.1) is 0 Å². The van der Waals surface area contributed by atoms with E-state index in [0.717, 1.165) is 12.8 Å². The van der Waals surface area contributed by atoms with Gasteiger partial charge in [0, 0.05) is 6.54 Å². The van der Waals surface area contributed by atoms with Gasteiger partial charge in [-0.2, -0.15) is 0 Å². The highest BCUT2D eigenvalue weighted by Crippen LogP contribution is 2.42. The van der Waals surface area contributed by atoms with Crippen LogP contribution in [0.5, 0.6) is 0 Å². The number of sulfone groups is 1. The van der Waals surface area contributed by atoms with Crippen LogP contribution in [0.1, 0.15) is 19.8 Å². The summed E-state index contributed by atoms with van der Waals surface area (Å²) < 4.78 is 23.8. The number of unbranched alkanes of at least 4 members (excludes halogenated alkanes) is 1. The zero-order valence-electron chi connectivity index (χ0n) is 8.27. The molecule has 0 aliphatic carbocycles. The minimum Gasteiger partial charge on any atom is -0.217 e. The average Bonchev–Trinajstić information content (AvgIpc) is 2.61. The summed E-state index contributed by atoms with van der Waals surface area (Å²) >= 11 is 8.88. The van der Waals surface area contributed by atoms with Gasteiger partial charge in [-0.15, -0.1) is 0 Å². The van der Waals surface area contributed by atoms with Crippen molar-refractivity contribution in [2.75, 3.05) is 0 Å². The van der Waals surface area contributed by atoms with Gasteiger partial charge in [-0.3, -0.25) is 0 Å². The summed E-state index contributed by atoms with van der Waals surface area (Å²) in [4.78, 5) is 0. The summed E-state index contributed by atoms with van der Waals surface area (Å²) in [5, 5.41) is 10.4. The van der Waals surface area contributed by atoms with Crippen molar-refractivity contribution >= 4 is 57.6 Å². The predicted octanol–water partition coefficient (Wildman–Crippen LogP) is 2.04. The number of hydrogen-bond acceptors (Lipinski definition) is 5. The Morgan fingerprint density at radius 2 is 2.00 bits per heavy atom. The summed E-state index contributed by atoms with van der Waals surface area (Å²) in [5.74, 6) is 0. The zero-order valence-corrected chi connectivity index (χ0v) is 13.8. The summed E-state index contributed by atoms with van der Waals surface area (Å²) in [6.07, 6.45) is 1.74. The molecule has 1 aromatic rings. The number of halogens is 3. The fraction of sp³-hybridized carbons (Fsp3) is 0.833. The largest absolute Gasteiger partial charge is 0.270 e. The molecule has 0 atom stereocenters. The van der Waals surface area contributed by atoms with Gasteiger partial charge in [0.1, 0.15) is 0 Å². The second-order valence-electron chi connectivity index (χ2n) is 2.99. The zero-order chi connectivity index (χ0) is 12.4. The lowest BCUT2D eigenvalue weighted by Gasteiger charge is -2.12. The minimum atomic E-state index is -3.72. The first kappa shape index (κ1) is 14.5. The lowest BCUT2D eigenvalue weighted by molar-refractivity contribution is 0.501. The van der Waals surface area contributed by atoms with E-state index in [9.17, 15) is 8.42 Å². The number of nitrogens with zero attached hydrogens (tertiary/aromatic N) is 4. The molecule has 92 valence electrons. The molecule has 0 amide bonds. The highest BCUT2D eigenvalue weighted by atomic mass is 80.0. The molecule has 16 heavy (non-hydrogen) atoms. The van der Waals surface area contributed by atoms with Gasteiger partial charge in [0.25, 0.3) is 15.0 Å². The number of hydrogen-bond donors (Lipinski definition) is 0. The van der Waals surface area contributed by atoms with Gasteiger partial charge in [-0.25, -0.2) is 13.1 Å². The molecule has 1 heterocycles. The molecule has 0 bridgehead atoms. The maximum absolute atomic E-state index is 12.0. The smallest absolute Gasteiger partial charge is 0.217 e. The van der Waals surface area contributed by atoms with Crippen LogP contribution in [0.25, 0.3) is 0 Å². The second-order valence-corrected chi connectivity index (χ2v) is 13.3. The molecule has 0 saturated carbocycles. The lowest BCUT2D eigenvalue weighted by Crippen LogP contribution is -2.22. The molecule has 0 N–H and O–H groups in total. The van der Waals surface area contributed by atoms with Crippen LogP contribution in [-0.2, 0) is 16.4 Å². The second kappa shape index (κ2) is 5.40. The topological polar surface area (TPSA) is 77.7 Å². The fourth-order valence-corrected chi connectivity index (χ4v) is 3.00. The van der Waals surface area contributed by atoms with Crippen LogP contribution in [0.3, 0.4) is 0 Å². The fourth-order valence-electron chi connectivity index (χ4n) is 0.941. The first-order valence-corrected chi connectivity index (χ1v) is 8.24. The van der Waals surface area contributed by atoms with Crippen molar-refractivity contribution in [2.24, 2.45) is 0 Å². The Morgan fingerprint density at radius 3 is 2.50 bits per heavy atom. The SMILES string of the molecule is CCCCn1nnnc1S(=O)(=O)C(Br)(Br)Br. The Kier molecular flexibility index (Phi) is 4.90. The maximum Gasteiger partial charge on any atom is 0.270 e. The van der Waals surface area contributed by atoms with E-state index in [-0.39, 0.29) is 5.16 Å². The summed E-state index contributed by atoms with van der Waals surface area (Å²) in [5.41, 5.74) is 0. The van der Waals surface area contributed by atoms with Crippen molar-refractivity contribution in [3.05, 3.63) is 0 Å².